The van der Waals surface area contributed by atoms with Gasteiger partial charge in [0.25, 0.3) is 0 Å². The van der Waals surface area contributed by atoms with Gasteiger partial charge in [0.15, 0.2) is 12.6 Å². The van der Waals surface area contributed by atoms with Crippen molar-refractivity contribution in [3.05, 3.63) is 0 Å². The number of ether oxygens (including phenoxy) is 6. The highest BCUT2D eigenvalue weighted by molar-refractivity contribution is 5.69. The van der Waals surface area contributed by atoms with Gasteiger partial charge in [-0.15, -0.1) is 0 Å². The molecule has 71 heavy (non-hydrogen) atoms. The second-order valence-electron chi connectivity index (χ2n) is 21.2. The van der Waals surface area contributed by atoms with Crippen LogP contribution in [0.3, 0.4) is 0 Å². The molecule has 0 aromatic rings. The van der Waals surface area contributed by atoms with Crippen molar-refractivity contribution in [1.29, 1.82) is 0 Å². The third-order valence-corrected chi connectivity index (χ3v) is 14.6. The van der Waals surface area contributed by atoms with E-state index in [9.17, 15) is 40.5 Å². The van der Waals surface area contributed by atoms with Gasteiger partial charge in [0.05, 0.1) is 26.4 Å². The topological polar surface area (TPSA) is 214 Å². The fourth-order valence-electron chi connectivity index (χ4n) is 9.82. The van der Waals surface area contributed by atoms with E-state index in [0.717, 1.165) is 44.9 Å². The van der Waals surface area contributed by atoms with Crippen molar-refractivity contribution >= 4 is 5.97 Å². The first kappa shape index (κ1) is 66.1. The smallest absolute Gasteiger partial charge is 0.306 e. The van der Waals surface area contributed by atoms with Crippen LogP contribution in [0.1, 0.15) is 258 Å². The third kappa shape index (κ3) is 32.2. The van der Waals surface area contributed by atoms with Gasteiger partial charge in [-0.05, 0) is 12.8 Å². The summed E-state index contributed by atoms with van der Waals surface area (Å²) in [7, 11) is 0. The summed E-state index contributed by atoms with van der Waals surface area (Å²) in [5.41, 5.74) is 0. The van der Waals surface area contributed by atoms with E-state index < -0.39 is 80.7 Å². The Labute approximate surface area is 432 Å². The number of hydrogen-bond acceptors (Lipinski definition) is 14. The second-order valence-corrected chi connectivity index (χ2v) is 21.2. The van der Waals surface area contributed by atoms with Gasteiger partial charge in [-0.2, -0.15) is 0 Å². The maximum absolute atomic E-state index is 13.1. The number of aliphatic hydroxyl groups is 7. The summed E-state index contributed by atoms with van der Waals surface area (Å²) in [6.07, 6.45) is 31.7. The summed E-state index contributed by atoms with van der Waals surface area (Å²) in [6.45, 7) is 3.76. The monoisotopic (exact) mass is 1020 g/mol. The van der Waals surface area contributed by atoms with Crippen molar-refractivity contribution in [3.8, 4) is 0 Å². The maximum atomic E-state index is 13.1. The normalized spacial score (nSPS) is 25.2. The van der Waals surface area contributed by atoms with Crippen LogP contribution in [-0.2, 0) is 33.2 Å². The minimum atomic E-state index is -1.70. The Morgan fingerprint density at radius 1 is 0.408 bits per heavy atom. The lowest BCUT2D eigenvalue weighted by Crippen LogP contribution is -2.61. The van der Waals surface area contributed by atoms with Gasteiger partial charge < -0.3 is 64.2 Å². The Morgan fingerprint density at radius 2 is 0.746 bits per heavy atom. The van der Waals surface area contributed by atoms with E-state index in [-0.39, 0.29) is 25.6 Å². The quantitative estimate of drug-likeness (QED) is 0.0223. The van der Waals surface area contributed by atoms with Crippen molar-refractivity contribution in [1.82, 2.24) is 0 Å². The molecule has 11 unspecified atom stereocenters. The van der Waals surface area contributed by atoms with Crippen LogP contribution in [0, 0.1) is 0 Å². The summed E-state index contributed by atoms with van der Waals surface area (Å²) < 4.78 is 34.4. The zero-order valence-corrected chi connectivity index (χ0v) is 45.2. The van der Waals surface area contributed by atoms with Crippen molar-refractivity contribution in [3.63, 3.8) is 0 Å². The summed E-state index contributed by atoms with van der Waals surface area (Å²) in [5.74, 6) is -0.367. The molecule has 0 aliphatic carbocycles. The first-order valence-corrected chi connectivity index (χ1v) is 29.6. The first-order valence-electron chi connectivity index (χ1n) is 29.6. The predicted octanol–water partition coefficient (Wildman–Crippen LogP) is 10.4. The van der Waals surface area contributed by atoms with Crippen LogP contribution in [0.5, 0.6) is 0 Å². The number of aliphatic hydroxyl groups excluding tert-OH is 7. The van der Waals surface area contributed by atoms with Crippen LogP contribution in [-0.4, -0.2) is 142 Å². The number of hydrogen-bond donors (Lipinski definition) is 7. The SMILES string of the molecule is CCCCCCCCCCCCCCCCCCCCCCCCCC(=O)OC(COCCCCCCCCCCCCCCCC)COC1OC(COC2OC(CO)C(O)C(O)C2O)C(O)C(O)C1O. The number of rotatable bonds is 49. The fourth-order valence-corrected chi connectivity index (χ4v) is 9.82. The van der Waals surface area contributed by atoms with E-state index in [1.165, 1.54) is 193 Å². The van der Waals surface area contributed by atoms with Crippen molar-refractivity contribution in [2.24, 2.45) is 0 Å². The van der Waals surface area contributed by atoms with Crippen LogP contribution in [0.4, 0.5) is 0 Å². The van der Waals surface area contributed by atoms with Crippen LogP contribution in [0.15, 0.2) is 0 Å². The molecule has 2 heterocycles. The average molecular weight is 1020 g/mol. The molecule has 0 bridgehead atoms. The van der Waals surface area contributed by atoms with E-state index in [4.69, 9.17) is 28.4 Å². The van der Waals surface area contributed by atoms with Gasteiger partial charge in [0.1, 0.15) is 54.9 Å². The van der Waals surface area contributed by atoms with Gasteiger partial charge in [0, 0.05) is 13.0 Å². The molecule has 2 aliphatic rings. The summed E-state index contributed by atoms with van der Waals surface area (Å²) in [6, 6.07) is 0. The lowest BCUT2D eigenvalue weighted by atomic mass is 9.98. The number of esters is 1. The minimum Gasteiger partial charge on any atom is -0.457 e. The summed E-state index contributed by atoms with van der Waals surface area (Å²) in [4.78, 5) is 13.1. The average Bonchev–Trinajstić information content (AvgIpc) is 3.37. The van der Waals surface area contributed by atoms with Crippen molar-refractivity contribution in [2.45, 2.75) is 325 Å². The number of unbranched alkanes of at least 4 members (excludes halogenated alkanes) is 35. The van der Waals surface area contributed by atoms with Crippen molar-refractivity contribution < 1.29 is 69.0 Å². The third-order valence-electron chi connectivity index (χ3n) is 14.6. The Balaban J connectivity index is 1.68. The highest BCUT2D eigenvalue weighted by Crippen LogP contribution is 2.27. The predicted molar refractivity (Wildman–Crippen MR) is 280 cm³/mol. The van der Waals surface area contributed by atoms with E-state index in [1.54, 1.807) is 0 Å². The molecule has 422 valence electrons. The van der Waals surface area contributed by atoms with E-state index in [0.29, 0.717) is 6.61 Å². The molecule has 0 saturated carbocycles. The maximum Gasteiger partial charge on any atom is 0.306 e. The Hall–Kier alpha value is -1.01. The molecule has 14 nitrogen and oxygen atoms in total. The zero-order valence-electron chi connectivity index (χ0n) is 45.2. The fraction of sp³-hybridized carbons (Fsp3) is 0.982. The lowest BCUT2D eigenvalue weighted by molar-refractivity contribution is -0.332. The Bertz CT molecular complexity index is 1180. The van der Waals surface area contributed by atoms with Gasteiger partial charge in [0.2, 0.25) is 0 Å². The highest BCUT2D eigenvalue weighted by Gasteiger charge is 2.47. The molecule has 0 spiro atoms. The molecule has 11 atom stereocenters. The van der Waals surface area contributed by atoms with E-state index >= 15 is 0 Å². The van der Waals surface area contributed by atoms with Gasteiger partial charge in [-0.3, -0.25) is 4.79 Å². The van der Waals surface area contributed by atoms with E-state index in [1.807, 2.05) is 0 Å². The number of carbonyl (C=O) groups excluding carboxylic acids is 1. The van der Waals surface area contributed by atoms with Gasteiger partial charge in [-0.25, -0.2) is 0 Å². The Kier molecular flexibility index (Phi) is 42.1. The van der Waals surface area contributed by atoms with Crippen LogP contribution >= 0.6 is 0 Å². The molecule has 2 saturated heterocycles. The molecule has 2 fully saturated rings. The molecule has 14 heteroatoms. The summed E-state index contributed by atoms with van der Waals surface area (Å²) >= 11 is 0. The van der Waals surface area contributed by atoms with Crippen LogP contribution in [0.25, 0.3) is 0 Å². The molecule has 2 rings (SSSR count). The van der Waals surface area contributed by atoms with Crippen LogP contribution in [0.2, 0.25) is 0 Å². The first-order chi connectivity index (χ1) is 34.6. The minimum absolute atomic E-state index is 0.0707. The van der Waals surface area contributed by atoms with Gasteiger partial charge in [-0.1, -0.05) is 239 Å². The second kappa shape index (κ2) is 45.2. The Morgan fingerprint density at radius 3 is 1.14 bits per heavy atom. The largest absolute Gasteiger partial charge is 0.457 e. The zero-order chi connectivity index (χ0) is 51.6. The highest BCUT2D eigenvalue weighted by atomic mass is 16.7. The molecule has 0 aromatic carbocycles. The van der Waals surface area contributed by atoms with E-state index in [2.05, 4.69) is 13.8 Å². The standard InChI is InChI=1S/C57H110O14/c1-3-5-7-9-11-13-15-17-19-20-21-22-23-24-25-26-27-28-30-32-34-36-38-40-49(59)69-46(43-66-41-39-37-35-33-31-29-18-16-14-12-10-8-6-4-2)44-67-56-55(65)53(63)51(61)48(71-56)45-68-57-54(64)52(62)50(60)47(42-58)70-57/h46-48,50-58,60-65H,3-45H2,1-2H3. The number of carbonyl (C=O) groups is 1. The molecule has 7 N–H and O–H groups in total. The molecule has 0 amide bonds. The molecular weight excluding hydrogens is 909 g/mol. The summed E-state index contributed by atoms with van der Waals surface area (Å²) in [5, 5.41) is 72.3. The van der Waals surface area contributed by atoms with Crippen molar-refractivity contribution in [2.75, 3.05) is 33.0 Å². The lowest BCUT2D eigenvalue weighted by Gasteiger charge is -2.42. The van der Waals surface area contributed by atoms with Gasteiger partial charge >= 0.3 is 5.97 Å². The molecule has 0 radical (unpaired) electrons. The van der Waals surface area contributed by atoms with Crippen LogP contribution < -0.4 is 0 Å². The molecular formula is C57H110O14. The molecule has 2 aliphatic heterocycles. The molecule has 0 aromatic heterocycles.